The van der Waals surface area contributed by atoms with E-state index in [9.17, 15) is 9.59 Å². The predicted molar refractivity (Wildman–Crippen MR) is 84.9 cm³/mol. The molecule has 114 valence electrons. The fraction of sp³-hybridized carbons (Fsp3) is 0.600. The van der Waals surface area contributed by atoms with Crippen molar-refractivity contribution in [3.8, 4) is 0 Å². The van der Waals surface area contributed by atoms with Crippen molar-refractivity contribution in [1.29, 1.82) is 0 Å². The van der Waals surface area contributed by atoms with Crippen molar-refractivity contribution in [3.63, 3.8) is 0 Å². The molecule has 1 amide bonds. The van der Waals surface area contributed by atoms with Gasteiger partial charge in [-0.05, 0) is 43.1 Å². The maximum Gasteiger partial charge on any atom is 0.328 e. The third-order valence-electron chi connectivity index (χ3n) is 4.08. The maximum absolute atomic E-state index is 12.8. The van der Waals surface area contributed by atoms with Gasteiger partial charge in [0.05, 0.1) is 12.0 Å². The molecule has 2 aliphatic heterocycles. The molecule has 0 aromatic carbocycles. The van der Waals surface area contributed by atoms with E-state index in [1.807, 2.05) is 17.8 Å². The molecule has 0 spiro atoms. The Morgan fingerprint density at radius 1 is 1.38 bits per heavy atom. The summed E-state index contributed by atoms with van der Waals surface area (Å²) in [6.45, 7) is 0.649. The number of hydrogen-bond acceptors (Lipinski definition) is 5. The number of nitrogens with zero attached hydrogens (tertiary/aromatic N) is 1. The quantitative estimate of drug-likeness (QED) is 0.785. The van der Waals surface area contributed by atoms with Gasteiger partial charge < -0.3 is 9.64 Å². The molecule has 1 saturated heterocycles. The second-order valence-corrected chi connectivity index (χ2v) is 7.64. The number of likely N-dealkylation sites (tertiary alicyclic amines) is 1. The first-order chi connectivity index (χ1) is 10.2. The second-order valence-electron chi connectivity index (χ2n) is 5.39. The van der Waals surface area contributed by atoms with Crippen molar-refractivity contribution in [2.24, 2.45) is 0 Å². The Morgan fingerprint density at radius 2 is 2.24 bits per heavy atom. The molecule has 0 aliphatic carbocycles. The number of ether oxygens (including phenoxy) is 1. The zero-order chi connectivity index (χ0) is 14.8. The Kier molecular flexibility index (Phi) is 4.54. The van der Waals surface area contributed by atoms with E-state index in [1.165, 1.54) is 17.6 Å². The summed E-state index contributed by atoms with van der Waals surface area (Å²) in [5.41, 5.74) is 1.30. The molecule has 1 aromatic rings. The van der Waals surface area contributed by atoms with Gasteiger partial charge in [0.1, 0.15) is 6.04 Å². The molecule has 3 heterocycles. The van der Waals surface area contributed by atoms with E-state index in [1.54, 1.807) is 16.2 Å². The first-order valence-electron chi connectivity index (χ1n) is 7.29. The zero-order valence-corrected chi connectivity index (χ0v) is 13.7. The third-order valence-corrected chi connectivity index (χ3v) is 6.31. The molecule has 21 heavy (non-hydrogen) atoms. The number of carbonyl (C=O) groups is 2. The number of rotatable bonds is 2. The summed E-state index contributed by atoms with van der Waals surface area (Å²) in [4.78, 5) is 28.5. The van der Waals surface area contributed by atoms with Gasteiger partial charge in [-0.3, -0.25) is 4.79 Å². The minimum atomic E-state index is -0.412. The van der Waals surface area contributed by atoms with Gasteiger partial charge in [-0.15, -0.1) is 11.3 Å². The van der Waals surface area contributed by atoms with Gasteiger partial charge in [0.25, 0.3) is 5.91 Å². The standard InChI is InChI=1S/C15H19NO3S2/c1-19-15(18)11-4-2-3-6-16(11)14(17)13-8-10-9-20-7-5-12(10)21-13/h8,11H,2-7,9H2,1H3/t11-/m1/s1. The third kappa shape index (κ3) is 2.97. The molecular formula is C15H19NO3S2. The van der Waals surface area contributed by atoms with Crippen LogP contribution in [0.4, 0.5) is 0 Å². The Hall–Kier alpha value is -1.01. The van der Waals surface area contributed by atoms with Crippen LogP contribution in [0.25, 0.3) is 0 Å². The van der Waals surface area contributed by atoms with Crippen molar-refractivity contribution < 1.29 is 14.3 Å². The molecule has 3 rings (SSSR count). The number of amides is 1. The summed E-state index contributed by atoms with van der Waals surface area (Å²) in [5, 5.41) is 0. The Labute approximate surface area is 132 Å². The summed E-state index contributed by atoms with van der Waals surface area (Å²) in [5.74, 6) is 1.84. The van der Waals surface area contributed by atoms with Crippen LogP contribution in [0.15, 0.2) is 6.07 Å². The Bertz CT molecular complexity index is 532. The first-order valence-corrected chi connectivity index (χ1v) is 9.26. The molecule has 1 fully saturated rings. The van der Waals surface area contributed by atoms with Crippen LogP contribution in [-0.4, -0.2) is 42.2 Å². The number of thioether (sulfide) groups is 1. The van der Waals surface area contributed by atoms with Crippen LogP contribution >= 0.6 is 23.1 Å². The molecule has 0 unspecified atom stereocenters. The highest BCUT2D eigenvalue weighted by Crippen LogP contribution is 2.33. The summed E-state index contributed by atoms with van der Waals surface area (Å²) in [6, 6.07) is 1.61. The van der Waals surface area contributed by atoms with E-state index < -0.39 is 6.04 Å². The van der Waals surface area contributed by atoms with Crippen molar-refractivity contribution in [2.75, 3.05) is 19.4 Å². The van der Waals surface area contributed by atoms with E-state index >= 15 is 0 Å². The summed E-state index contributed by atoms with van der Waals surface area (Å²) in [7, 11) is 1.39. The monoisotopic (exact) mass is 325 g/mol. The highest BCUT2D eigenvalue weighted by molar-refractivity contribution is 7.98. The van der Waals surface area contributed by atoms with Crippen LogP contribution in [0.5, 0.6) is 0 Å². The van der Waals surface area contributed by atoms with E-state index in [2.05, 4.69) is 0 Å². The molecular weight excluding hydrogens is 306 g/mol. The van der Waals surface area contributed by atoms with Gasteiger partial charge in [0, 0.05) is 17.2 Å². The SMILES string of the molecule is COC(=O)[C@H]1CCCCN1C(=O)c1cc2c(s1)CCSC2. The predicted octanol–water partition coefficient (Wildman–Crippen LogP) is 2.71. The van der Waals surface area contributed by atoms with Crippen LogP contribution in [0, 0.1) is 0 Å². The highest BCUT2D eigenvalue weighted by atomic mass is 32.2. The van der Waals surface area contributed by atoms with Gasteiger partial charge in [-0.25, -0.2) is 4.79 Å². The lowest BCUT2D eigenvalue weighted by Gasteiger charge is -2.33. The van der Waals surface area contributed by atoms with E-state index in [0.29, 0.717) is 13.0 Å². The molecule has 0 saturated carbocycles. The topological polar surface area (TPSA) is 46.6 Å². The molecule has 0 bridgehead atoms. The van der Waals surface area contributed by atoms with Crippen LogP contribution in [0.1, 0.15) is 39.4 Å². The lowest BCUT2D eigenvalue weighted by Crippen LogP contribution is -2.48. The lowest BCUT2D eigenvalue weighted by atomic mass is 10.0. The minimum Gasteiger partial charge on any atom is -0.467 e. The van der Waals surface area contributed by atoms with E-state index in [0.717, 1.165) is 35.6 Å². The van der Waals surface area contributed by atoms with Crippen LogP contribution in [-0.2, 0) is 21.7 Å². The first kappa shape index (κ1) is 14.9. The Morgan fingerprint density at radius 3 is 3.00 bits per heavy atom. The molecule has 1 aromatic heterocycles. The summed E-state index contributed by atoms with van der Waals surface area (Å²) in [6.07, 6.45) is 3.69. The molecule has 2 aliphatic rings. The van der Waals surface area contributed by atoms with Crippen molar-refractivity contribution in [2.45, 2.75) is 37.5 Å². The number of aryl methyl sites for hydroxylation is 1. The summed E-state index contributed by atoms with van der Waals surface area (Å²) < 4.78 is 4.85. The molecule has 0 N–H and O–H groups in total. The zero-order valence-electron chi connectivity index (χ0n) is 12.1. The highest BCUT2D eigenvalue weighted by Gasteiger charge is 2.34. The second kappa shape index (κ2) is 6.40. The van der Waals surface area contributed by atoms with Crippen molar-refractivity contribution >= 4 is 35.0 Å². The largest absolute Gasteiger partial charge is 0.467 e. The van der Waals surface area contributed by atoms with Crippen molar-refractivity contribution in [1.82, 2.24) is 4.90 Å². The van der Waals surface area contributed by atoms with Crippen LogP contribution < -0.4 is 0 Å². The number of thiophene rings is 1. The average Bonchev–Trinajstić information content (AvgIpc) is 2.97. The van der Waals surface area contributed by atoms with Gasteiger partial charge >= 0.3 is 5.97 Å². The van der Waals surface area contributed by atoms with E-state index in [-0.39, 0.29) is 11.9 Å². The van der Waals surface area contributed by atoms with Gasteiger partial charge in [-0.1, -0.05) is 0 Å². The molecule has 4 nitrogen and oxygen atoms in total. The number of fused-ring (bicyclic) bond motifs is 1. The maximum atomic E-state index is 12.8. The molecule has 6 heteroatoms. The minimum absolute atomic E-state index is 0.00509. The summed E-state index contributed by atoms with van der Waals surface area (Å²) >= 11 is 3.52. The van der Waals surface area contributed by atoms with E-state index in [4.69, 9.17) is 4.74 Å². The molecule has 1 atom stereocenters. The number of hydrogen-bond donors (Lipinski definition) is 0. The normalized spacial score (nSPS) is 21.8. The lowest BCUT2D eigenvalue weighted by molar-refractivity contribution is -0.147. The van der Waals surface area contributed by atoms with Crippen LogP contribution in [0.2, 0.25) is 0 Å². The number of esters is 1. The Balaban J connectivity index is 1.82. The number of carbonyl (C=O) groups excluding carboxylic acids is 2. The van der Waals surface area contributed by atoms with Gasteiger partial charge in [-0.2, -0.15) is 11.8 Å². The smallest absolute Gasteiger partial charge is 0.328 e. The fourth-order valence-corrected chi connectivity index (χ4v) is 5.28. The number of piperidine rings is 1. The molecule has 0 radical (unpaired) electrons. The van der Waals surface area contributed by atoms with Crippen LogP contribution in [0.3, 0.4) is 0 Å². The fourth-order valence-electron chi connectivity index (χ4n) is 2.95. The van der Waals surface area contributed by atoms with Gasteiger partial charge in [0.15, 0.2) is 0 Å². The van der Waals surface area contributed by atoms with Gasteiger partial charge in [0.2, 0.25) is 0 Å². The van der Waals surface area contributed by atoms with Crippen molar-refractivity contribution in [3.05, 3.63) is 21.4 Å². The number of methoxy groups -OCH3 is 1. The average molecular weight is 325 g/mol.